The maximum absolute atomic E-state index is 13.7. The Morgan fingerprint density at radius 1 is 1.17 bits per heavy atom. The van der Waals surface area contributed by atoms with Crippen LogP contribution in [-0.4, -0.2) is 0 Å². The Balaban J connectivity index is 2.31. The number of hydrogen-bond donors (Lipinski definition) is 1. The van der Waals surface area contributed by atoms with Gasteiger partial charge in [0.05, 0.1) is 5.02 Å². The van der Waals surface area contributed by atoms with Crippen LogP contribution in [0.1, 0.15) is 11.1 Å². The fourth-order valence-electron chi connectivity index (χ4n) is 1.56. The Hall–Kier alpha value is -1.58. The summed E-state index contributed by atoms with van der Waals surface area (Å²) in [6.45, 7) is 2.21. The van der Waals surface area contributed by atoms with Gasteiger partial charge in [-0.3, -0.25) is 0 Å². The molecule has 0 aliphatic carbocycles. The van der Waals surface area contributed by atoms with Gasteiger partial charge in [-0.15, -0.1) is 0 Å². The van der Waals surface area contributed by atoms with Gasteiger partial charge in [0, 0.05) is 6.54 Å². The molecule has 2 rings (SSSR count). The lowest BCUT2D eigenvalue weighted by Crippen LogP contribution is -1.98. The molecule has 0 fully saturated rings. The molecule has 0 spiro atoms. The molecule has 2 aromatic rings. The normalized spacial score (nSPS) is 10.4. The van der Waals surface area contributed by atoms with Crippen LogP contribution in [0.4, 0.5) is 4.39 Å². The third-order valence-electron chi connectivity index (χ3n) is 2.54. The minimum absolute atomic E-state index is 0.139. The largest absolute Gasteiger partial charge is 0.453 e. The van der Waals surface area contributed by atoms with E-state index in [0.29, 0.717) is 17.3 Å². The number of benzene rings is 2. The summed E-state index contributed by atoms with van der Waals surface area (Å²) < 4.78 is 19.2. The highest BCUT2D eigenvalue weighted by Gasteiger charge is 2.08. The van der Waals surface area contributed by atoms with E-state index in [9.17, 15) is 4.39 Å². The number of rotatable bonds is 3. The van der Waals surface area contributed by atoms with Crippen LogP contribution in [0.15, 0.2) is 36.4 Å². The Morgan fingerprint density at radius 2 is 1.94 bits per heavy atom. The number of hydrogen-bond acceptors (Lipinski definition) is 2. The molecule has 2 nitrogen and oxygen atoms in total. The van der Waals surface area contributed by atoms with Crippen molar-refractivity contribution in [3.05, 3.63) is 58.4 Å². The number of ether oxygens (including phenoxy) is 1. The summed E-state index contributed by atoms with van der Waals surface area (Å²) in [5, 5.41) is 0.447. The molecule has 0 atom stereocenters. The molecule has 0 aliphatic rings. The summed E-state index contributed by atoms with van der Waals surface area (Å²) in [6, 6.07) is 9.98. The maximum Gasteiger partial charge on any atom is 0.166 e. The first-order chi connectivity index (χ1) is 8.60. The van der Waals surface area contributed by atoms with E-state index in [4.69, 9.17) is 22.1 Å². The van der Waals surface area contributed by atoms with E-state index in [1.54, 1.807) is 24.3 Å². The van der Waals surface area contributed by atoms with Crippen LogP contribution < -0.4 is 10.5 Å². The van der Waals surface area contributed by atoms with Gasteiger partial charge in [-0.1, -0.05) is 23.7 Å². The molecule has 0 saturated heterocycles. The van der Waals surface area contributed by atoms with E-state index >= 15 is 0 Å². The van der Waals surface area contributed by atoms with E-state index in [2.05, 4.69) is 0 Å². The van der Waals surface area contributed by atoms with Crippen LogP contribution >= 0.6 is 11.6 Å². The van der Waals surface area contributed by atoms with E-state index in [0.717, 1.165) is 11.1 Å². The van der Waals surface area contributed by atoms with E-state index < -0.39 is 5.82 Å². The van der Waals surface area contributed by atoms with Gasteiger partial charge < -0.3 is 10.5 Å². The van der Waals surface area contributed by atoms with Crippen molar-refractivity contribution in [1.82, 2.24) is 0 Å². The topological polar surface area (TPSA) is 35.2 Å². The molecule has 18 heavy (non-hydrogen) atoms. The van der Waals surface area contributed by atoms with Gasteiger partial charge >= 0.3 is 0 Å². The molecule has 0 unspecified atom stereocenters. The van der Waals surface area contributed by atoms with E-state index in [1.807, 2.05) is 13.0 Å². The highest BCUT2D eigenvalue weighted by atomic mass is 35.5. The van der Waals surface area contributed by atoms with Crippen LogP contribution in [-0.2, 0) is 6.54 Å². The molecular formula is C14H13ClFNO. The third kappa shape index (κ3) is 2.81. The Labute approximate surface area is 110 Å². The van der Waals surface area contributed by atoms with Crippen molar-refractivity contribution in [2.24, 2.45) is 5.73 Å². The highest BCUT2D eigenvalue weighted by molar-refractivity contribution is 6.32. The lowest BCUT2D eigenvalue weighted by molar-refractivity contribution is 0.441. The van der Waals surface area contributed by atoms with Gasteiger partial charge in [0.15, 0.2) is 11.6 Å². The first kappa shape index (κ1) is 12.9. The molecule has 0 aliphatic heterocycles. The van der Waals surface area contributed by atoms with Crippen LogP contribution in [0.25, 0.3) is 0 Å². The van der Waals surface area contributed by atoms with E-state index in [-0.39, 0.29) is 5.75 Å². The zero-order valence-corrected chi connectivity index (χ0v) is 10.7. The molecule has 94 valence electrons. The third-order valence-corrected chi connectivity index (χ3v) is 2.85. The second kappa shape index (κ2) is 5.38. The van der Waals surface area contributed by atoms with Crippen molar-refractivity contribution in [2.75, 3.05) is 0 Å². The summed E-state index contributed by atoms with van der Waals surface area (Å²) >= 11 is 5.99. The molecule has 2 aromatic carbocycles. The first-order valence-electron chi connectivity index (χ1n) is 5.52. The number of aryl methyl sites for hydroxylation is 1. The molecule has 0 amide bonds. The fourth-order valence-corrected chi connectivity index (χ4v) is 1.72. The fraction of sp³-hybridized carbons (Fsp3) is 0.143. The van der Waals surface area contributed by atoms with Crippen molar-refractivity contribution < 1.29 is 9.13 Å². The summed E-state index contributed by atoms with van der Waals surface area (Å²) in [4.78, 5) is 0. The van der Waals surface area contributed by atoms with Crippen molar-refractivity contribution in [2.45, 2.75) is 13.5 Å². The minimum Gasteiger partial charge on any atom is -0.453 e. The summed E-state index contributed by atoms with van der Waals surface area (Å²) in [6.07, 6.45) is 0. The van der Waals surface area contributed by atoms with Gasteiger partial charge in [-0.05, 0) is 42.3 Å². The van der Waals surface area contributed by atoms with Gasteiger partial charge in [0.25, 0.3) is 0 Å². The van der Waals surface area contributed by atoms with Crippen LogP contribution in [0.3, 0.4) is 0 Å². The van der Waals surface area contributed by atoms with Crippen LogP contribution in [0, 0.1) is 12.7 Å². The van der Waals surface area contributed by atoms with Gasteiger partial charge in [-0.25, -0.2) is 4.39 Å². The molecule has 0 saturated carbocycles. The average Bonchev–Trinajstić information content (AvgIpc) is 2.36. The predicted octanol–water partition coefficient (Wildman–Crippen LogP) is 4.04. The average molecular weight is 266 g/mol. The Morgan fingerprint density at radius 3 is 2.61 bits per heavy atom. The lowest BCUT2D eigenvalue weighted by atomic mass is 10.2. The highest BCUT2D eigenvalue weighted by Crippen LogP contribution is 2.31. The predicted molar refractivity (Wildman–Crippen MR) is 70.6 cm³/mol. The van der Waals surface area contributed by atoms with Crippen LogP contribution in [0.2, 0.25) is 5.02 Å². The summed E-state index contributed by atoms with van der Waals surface area (Å²) in [7, 11) is 0. The zero-order chi connectivity index (χ0) is 13.1. The smallest absolute Gasteiger partial charge is 0.166 e. The molecule has 2 N–H and O–H groups in total. The maximum atomic E-state index is 13.7. The van der Waals surface area contributed by atoms with Gasteiger partial charge in [-0.2, -0.15) is 0 Å². The van der Waals surface area contributed by atoms with Crippen LogP contribution in [0.5, 0.6) is 11.5 Å². The summed E-state index contributed by atoms with van der Waals surface area (Å²) in [5.41, 5.74) is 7.15. The Kier molecular flexibility index (Phi) is 3.84. The molecule has 0 heterocycles. The minimum atomic E-state index is -0.449. The number of halogens is 2. The van der Waals surface area contributed by atoms with Crippen molar-refractivity contribution in [1.29, 1.82) is 0 Å². The molecule has 0 bridgehead atoms. The second-order valence-electron chi connectivity index (χ2n) is 4.00. The number of nitrogens with two attached hydrogens (primary N) is 1. The van der Waals surface area contributed by atoms with Crippen molar-refractivity contribution in [3.63, 3.8) is 0 Å². The zero-order valence-electron chi connectivity index (χ0n) is 9.91. The molecule has 4 heteroatoms. The van der Waals surface area contributed by atoms with Gasteiger partial charge in [0.2, 0.25) is 0 Å². The SMILES string of the molecule is Cc1ccc(Cl)c(Oc2ccc(CN)cc2F)c1. The molecule has 0 aromatic heterocycles. The van der Waals surface area contributed by atoms with Crippen molar-refractivity contribution in [3.8, 4) is 11.5 Å². The molecule has 0 radical (unpaired) electrons. The van der Waals surface area contributed by atoms with Gasteiger partial charge in [0.1, 0.15) is 5.75 Å². The van der Waals surface area contributed by atoms with E-state index in [1.165, 1.54) is 6.07 Å². The Bertz CT molecular complexity index is 572. The standard InChI is InChI=1S/C14H13ClFNO/c1-9-2-4-11(15)14(6-9)18-13-5-3-10(8-17)7-12(13)16/h2-7H,8,17H2,1H3. The quantitative estimate of drug-likeness (QED) is 0.909. The second-order valence-corrected chi connectivity index (χ2v) is 4.41. The first-order valence-corrected chi connectivity index (χ1v) is 5.90. The lowest BCUT2D eigenvalue weighted by Gasteiger charge is -2.10. The monoisotopic (exact) mass is 265 g/mol. The summed E-state index contributed by atoms with van der Waals surface area (Å²) in [5.74, 6) is 0.131. The molecular weight excluding hydrogens is 253 g/mol. The van der Waals surface area contributed by atoms with Crippen molar-refractivity contribution >= 4 is 11.6 Å².